The second-order valence-corrected chi connectivity index (χ2v) is 7.59. The third-order valence-electron chi connectivity index (χ3n) is 4.77. The Hall–Kier alpha value is -2.51. The Morgan fingerprint density at radius 2 is 2.04 bits per heavy atom. The maximum absolute atomic E-state index is 15.4. The molecule has 1 unspecified atom stereocenters. The van der Waals surface area contributed by atoms with Gasteiger partial charge in [0.15, 0.2) is 0 Å². The van der Waals surface area contributed by atoms with Gasteiger partial charge in [0.2, 0.25) is 11.7 Å². The molecule has 6 nitrogen and oxygen atoms in total. The second kappa shape index (κ2) is 8.24. The standard InChI is InChI=1S/C20H22ClFN4O2/c1-10(8-16(24)27)26-19(11-2-3-11)13-5-6-14(21)17(18(13)22)20(28)15-7-4-12(23)9-25-15/h4-7,9-11,19,26H,2-3,8,23H2,1H3,(H2,24,27)/t10-,19?/m1/s1. The molecule has 0 radical (unpaired) electrons. The summed E-state index contributed by atoms with van der Waals surface area (Å²) in [5.41, 5.74) is 11.4. The van der Waals surface area contributed by atoms with Gasteiger partial charge < -0.3 is 16.8 Å². The maximum Gasteiger partial charge on any atom is 0.218 e. The van der Waals surface area contributed by atoms with Gasteiger partial charge in [0.1, 0.15) is 11.5 Å². The van der Waals surface area contributed by atoms with E-state index in [0.29, 0.717) is 11.3 Å². The van der Waals surface area contributed by atoms with E-state index in [1.54, 1.807) is 6.07 Å². The summed E-state index contributed by atoms with van der Waals surface area (Å²) in [5, 5.41) is 3.29. The van der Waals surface area contributed by atoms with Crippen LogP contribution in [0.4, 0.5) is 10.1 Å². The van der Waals surface area contributed by atoms with Crippen molar-refractivity contribution in [2.75, 3.05) is 5.73 Å². The first-order chi connectivity index (χ1) is 13.3. The third-order valence-corrected chi connectivity index (χ3v) is 5.08. The lowest BCUT2D eigenvalue weighted by atomic mass is 9.95. The summed E-state index contributed by atoms with van der Waals surface area (Å²) in [5.74, 6) is -1.49. The largest absolute Gasteiger partial charge is 0.397 e. The molecule has 1 amide bonds. The number of amides is 1. The van der Waals surface area contributed by atoms with E-state index in [0.717, 1.165) is 12.8 Å². The average Bonchev–Trinajstić information content (AvgIpc) is 3.45. The maximum atomic E-state index is 15.4. The fraction of sp³-hybridized carbons (Fsp3) is 0.350. The van der Waals surface area contributed by atoms with Crippen LogP contribution < -0.4 is 16.8 Å². The van der Waals surface area contributed by atoms with Gasteiger partial charge in [-0.25, -0.2) is 4.39 Å². The molecular weight excluding hydrogens is 383 g/mol. The first kappa shape index (κ1) is 20.2. The van der Waals surface area contributed by atoms with Crippen molar-refractivity contribution in [1.29, 1.82) is 0 Å². The molecule has 2 atom stereocenters. The van der Waals surface area contributed by atoms with Crippen molar-refractivity contribution >= 4 is 29.0 Å². The Labute approximate surface area is 167 Å². The van der Waals surface area contributed by atoms with E-state index in [4.69, 9.17) is 23.1 Å². The van der Waals surface area contributed by atoms with E-state index in [9.17, 15) is 9.59 Å². The molecule has 1 saturated carbocycles. The minimum absolute atomic E-state index is 0.0182. The van der Waals surface area contributed by atoms with Crippen molar-refractivity contribution in [1.82, 2.24) is 10.3 Å². The molecule has 8 heteroatoms. The van der Waals surface area contributed by atoms with Crippen molar-refractivity contribution in [3.63, 3.8) is 0 Å². The highest BCUT2D eigenvalue weighted by atomic mass is 35.5. The molecular formula is C20H22ClFN4O2. The molecule has 1 heterocycles. The zero-order valence-corrected chi connectivity index (χ0v) is 16.2. The number of halogens is 2. The number of ketones is 1. The van der Waals surface area contributed by atoms with E-state index in [1.807, 2.05) is 6.92 Å². The van der Waals surface area contributed by atoms with Crippen molar-refractivity contribution in [3.05, 3.63) is 58.1 Å². The number of nitrogen functional groups attached to an aromatic ring is 1. The Kier molecular flexibility index (Phi) is 5.96. The van der Waals surface area contributed by atoms with E-state index in [-0.39, 0.29) is 40.7 Å². The number of benzene rings is 1. The predicted molar refractivity (Wildman–Crippen MR) is 105 cm³/mol. The summed E-state index contributed by atoms with van der Waals surface area (Å²) in [6.07, 6.45) is 3.35. The third kappa shape index (κ3) is 4.48. The smallest absolute Gasteiger partial charge is 0.218 e. The minimum Gasteiger partial charge on any atom is -0.397 e. The van der Waals surface area contributed by atoms with Crippen LogP contribution in [0.15, 0.2) is 30.5 Å². The summed E-state index contributed by atoms with van der Waals surface area (Å²) in [4.78, 5) is 28.0. The number of hydrogen-bond acceptors (Lipinski definition) is 5. The molecule has 28 heavy (non-hydrogen) atoms. The van der Waals surface area contributed by atoms with Crippen molar-refractivity contribution < 1.29 is 14.0 Å². The van der Waals surface area contributed by atoms with Gasteiger partial charge in [-0.15, -0.1) is 0 Å². The first-order valence-corrected chi connectivity index (χ1v) is 9.44. The molecule has 0 saturated heterocycles. The minimum atomic E-state index is -0.674. The van der Waals surface area contributed by atoms with Gasteiger partial charge in [-0.2, -0.15) is 0 Å². The molecule has 148 valence electrons. The number of hydrogen-bond donors (Lipinski definition) is 3. The van der Waals surface area contributed by atoms with Crippen LogP contribution in [-0.2, 0) is 4.79 Å². The highest BCUT2D eigenvalue weighted by molar-refractivity contribution is 6.35. The fourth-order valence-electron chi connectivity index (χ4n) is 3.26. The van der Waals surface area contributed by atoms with Crippen molar-refractivity contribution in [2.24, 2.45) is 11.7 Å². The number of rotatable bonds is 8. The van der Waals surface area contributed by atoms with Crippen LogP contribution in [0.1, 0.15) is 53.8 Å². The molecule has 2 aromatic rings. The molecule has 1 aliphatic rings. The van der Waals surface area contributed by atoms with Crippen LogP contribution in [0.2, 0.25) is 5.02 Å². The zero-order chi connectivity index (χ0) is 20.4. The first-order valence-electron chi connectivity index (χ1n) is 9.06. The summed E-state index contributed by atoms with van der Waals surface area (Å²) < 4.78 is 15.4. The van der Waals surface area contributed by atoms with Gasteiger partial charge >= 0.3 is 0 Å². The van der Waals surface area contributed by atoms with E-state index >= 15 is 4.39 Å². The molecule has 3 rings (SSSR count). The average molecular weight is 405 g/mol. The summed E-state index contributed by atoms with van der Waals surface area (Å²) in [6.45, 7) is 1.82. The molecule has 1 fully saturated rings. The number of carbonyl (C=O) groups excluding carboxylic acids is 2. The van der Waals surface area contributed by atoms with E-state index in [2.05, 4.69) is 10.3 Å². The highest BCUT2D eigenvalue weighted by Crippen LogP contribution is 2.43. The predicted octanol–water partition coefficient (Wildman–Crippen LogP) is 2.99. The number of pyridine rings is 1. The summed E-state index contributed by atoms with van der Waals surface area (Å²) in [7, 11) is 0. The number of carbonyl (C=O) groups is 2. The monoisotopic (exact) mass is 404 g/mol. The van der Waals surface area contributed by atoms with Gasteiger partial charge in [-0.05, 0) is 43.9 Å². The van der Waals surface area contributed by atoms with E-state index in [1.165, 1.54) is 24.4 Å². The SMILES string of the molecule is C[C@H](CC(N)=O)NC(c1ccc(Cl)c(C(=O)c2ccc(N)cn2)c1F)C1CC1. The molecule has 1 aromatic carbocycles. The number of nitrogens with one attached hydrogen (secondary N) is 1. The summed E-state index contributed by atoms with van der Waals surface area (Å²) >= 11 is 6.16. The second-order valence-electron chi connectivity index (χ2n) is 7.18. The number of aromatic nitrogens is 1. The lowest BCUT2D eigenvalue weighted by molar-refractivity contribution is -0.118. The number of nitrogens with two attached hydrogens (primary N) is 2. The van der Waals surface area contributed by atoms with Gasteiger partial charge in [-0.3, -0.25) is 14.6 Å². The van der Waals surface area contributed by atoms with Crippen LogP contribution in [0.3, 0.4) is 0 Å². The van der Waals surface area contributed by atoms with Crippen molar-refractivity contribution in [2.45, 2.75) is 38.3 Å². The Morgan fingerprint density at radius 1 is 1.32 bits per heavy atom. The fourth-order valence-corrected chi connectivity index (χ4v) is 3.49. The number of anilines is 1. The summed E-state index contributed by atoms with van der Waals surface area (Å²) in [6, 6.07) is 5.49. The highest BCUT2D eigenvalue weighted by Gasteiger charge is 2.36. The molecule has 1 aromatic heterocycles. The van der Waals surface area contributed by atoms with Crippen LogP contribution in [0, 0.1) is 11.7 Å². The normalized spacial score (nSPS) is 15.8. The Morgan fingerprint density at radius 3 is 2.61 bits per heavy atom. The molecule has 5 N–H and O–H groups in total. The molecule has 0 aliphatic heterocycles. The van der Waals surface area contributed by atoms with Crippen LogP contribution >= 0.6 is 11.6 Å². The number of primary amides is 1. The molecule has 0 bridgehead atoms. The van der Waals surface area contributed by atoms with Crippen LogP contribution in [0.5, 0.6) is 0 Å². The van der Waals surface area contributed by atoms with Gasteiger partial charge in [0.05, 0.1) is 22.5 Å². The van der Waals surface area contributed by atoms with Crippen LogP contribution in [0.25, 0.3) is 0 Å². The van der Waals surface area contributed by atoms with Crippen molar-refractivity contribution in [3.8, 4) is 0 Å². The van der Waals surface area contributed by atoms with Gasteiger partial charge in [0, 0.05) is 24.1 Å². The zero-order valence-electron chi connectivity index (χ0n) is 15.4. The topological polar surface area (TPSA) is 111 Å². The quantitative estimate of drug-likeness (QED) is 0.585. The van der Waals surface area contributed by atoms with Gasteiger partial charge in [0.25, 0.3) is 0 Å². The lowest BCUT2D eigenvalue weighted by Crippen LogP contribution is -2.35. The van der Waals surface area contributed by atoms with Gasteiger partial charge in [-0.1, -0.05) is 17.7 Å². The Bertz CT molecular complexity index is 900. The Balaban J connectivity index is 1.95. The molecule has 1 aliphatic carbocycles. The lowest BCUT2D eigenvalue weighted by Gasteiger charge is -2.24. The van der Waals surface area contributed by atoms with Crippen LogP contribution in [-0.4, -0.2) is 22.7 Å². The molecule has 0 spiro atoms. The number of nitrogens with zero attached hydrogens (tertiary/aromatic N) is 1. The van der Waals surface area contributed by atoms with E-state index < -0.39 is 17.5 Å².